The number of methoxy groups -OCH3 is 1. The lowest BCUT2D eigenvalue weighted by Gasteiger charge is -2.13. The van der Waals surface area contributed by atoms with Crippen molar-refractivity contribution in [3.05, 3.63) is 21.3 Å². The maximum atomic E-state index is 5.97. The van der Waals surface area contributed by atoms with Gasteiger partial charge in [0.2, 0.25) is 0 Å². The summed E-state index contributed by atoms with van der Waals surface area (Å²) < 4.78 is 4.98. The number of hydrogen-bond donors (Lipinski definition) is 2. The number of rotatable bonds is 5. The van der Waals surface area contributed by atoms with Gasteiger partial charge in [0.05, 0.1) is 11.1 Å². The first-order valence-corrected chi connectivity index (χ1v) is 5.23. The van der Waals surface area contributed by atoms with Gasteiger partial charge in [-0.05, 0) is 17.9 Å². The molecule has 0 saturated carbocycles. The Balaban J connectivity index is 2.61. The van der Waals surface area contributed by atoms with Crippen LogP contribution >= 0.6 is 22.9 Å². The Bertz CT molecular complexity index is 254. The number of halogens is 1. The highest BCUT2D eigenvalue weighted by molar-refractivity contribution is 7.10. The molecule has 3 N–H and O–H groups in total. The fraction of sp³-hybridized carbons (Fsp3) is 0.500. The lowest BCUT2D eigenvalue weighted by atomic mass is 10.2. The molecular weight excluding hydrogens is 208 g/mol. The molecule has 1 atom stereocenters. The number of nitrogens with one attached hydrogen (secondary N) is 1. The lowest BCUT2D eigenvalue weighted by Crippen LogP contribution is -2.28. The van der Waals surface area contributed by atoms with Gasteiger partial charge in [-0.1, -0.05) is 11.6 Å². The van der Waals surface area contributed by atoms with Crippen molar-refractivity contribution in [2.45, 2.75) is 12.5 Å². The Morgan fingerprint density at radius 2 is 2.54 bits per heavy atom. The zero-order chi connectivity index (χ0) is 9.68. The van der Waals surface area contributed by atoms with Crippen molar-refractivity contribution in [2.24, 2.45) is 5.84 Å². The minimum Gasteiger partial charge on any atom is -0.385 e. The quantitative estimate of drug-likeness (QED) is 0.589. The Hall–Kier alpha value is -0.130. The first kappa shape index (κ1) is 10.9. The number of ether oxygens (including phenoxy) is 1. The summed E-state index contributed by atoms with van der Waals surface area (Å²) in [5.74, 6) is 5.42. The smallest absolute Gasteiger partial charge is 0.0590 e. The monoisotopic (exact) mass is 220 g/mol. The van der Waals surface area contributed by atoms with Crippen LogP contribution in [0.3, 0.4) is 0 Å². The topological polar surface area (TPSA) is 47.3 Å². The zero-order valence-electron chi connectivity index (χ0n) is 7.42. The van der Waals surface area contributed by atoms with E-state index in [1.54, 1.807) is 18.4 Å². The normalized spacial score (nSPS) is 13.2. The van der Waals surface area contributed by atoms with E-state index in [9.17, 15) is 0 Å². The van der Waals surface area contributed by atoms with E-state index in [-0.39, 0.29) is 6.04 Å². The van der Waals surface area contributed by atoms with E-state index in [1.165, 1.54) is 0 Å². The molecule has 74 valence electrons. The van der Waals surface area contributed by atoms with Crippen molar-refractivity contribution in [2.75, 3.05) is 13.7 Å². The summed E-state index contributed by atoms with van der Waals surface area (Å²) in [6, 6.07) is 1.96. The van der Waals surface area contributed by atoms with Gasteiger partial charge in [-0.2, -0.15) is 0 Å². The van der Waals surface area contributed by atoms with Crippen LogP contribution in [0.25, 0.3) is 0 Å². The molecule has 3 nitrogen and oxygen atoms in total. The lowest BCUT2D eigenvalue weighted by molar-refractivity contribution is 0.183. The molecule has 13 heavy (non-hydrogen) atoms. The van der Waals surface area contributed by atoms with Gasteiger partial charge in [0.1, 0.15) is 0 Å². The molecule has 1 rings (SSSR count). The van der Waals surface area contributed by atoms with Gasteiger partial charge >= 0.3 is 0 Å². The summed E-state index contributed by atoms with van der Waals surface area (Å²) in [7, 11) is 1.67. The van der Waals surface area contributed by atoms with Crippen LogP contribution in [0.4, 0.5) is 0 Å². The van der Waals surface area contributed by atoms with Crippen LogP contribution in [0.1, 0.15) is 17.3 Å². The molecule has 0 bridgehead atoms. The highest BCUT2D eigenvalue weighted by atomic mass is 35.5. The standard InChI is InChI=1S/C8H13ClN2OS/c1-12-4-2-7(11-10)8-6(9)3-5-13-8/h3,5,7,11H,2,4,10H2,1H3. The average Bonchev–Trinajstić information content (AvgIpc) is 2.54. The molecule has 1 aromatic rings. The SMILES string of the molecule is COCCC(NN)c1sccc1Cl. The van der Waals surface area contributed by atoms with E-state index in [1.807, 2.05) is 11.4 Å². The molecule has 0 fully saturated rings. The van der Waals surface area contributed by atoms with Crippen molar-refractivity contribution in [1.82, 2.24) is 5.43 Å². The van der Waals surface area contributed by atoms with E-state index in [4.69, 9.17) is 22.2 Å². The predicted molar refractivity (Wildman–Crippen MR) is 55.9 cm³/mol. The Morgan fingerprint density at radius 3 is 3.00 bits per heavy atom. The van der Waals surface area contributed by atoms with Gasteiger partial charge in [-0.15, -0.1) is 11.3 Å². The first-order chi connectivity index (χ1) is 6.29. The van der Waals surface area contributed by atoms with E-state index in [2.05, 4.69) is 5.43 Å². The molecule has 0 aliphatic rings. The van der Waals surface area contributed by atoms with Crippen molar-refractivity contribution < 1.29 is 4.74 Å². The zero-order valence-corrected chi connectivity index (χ0v) is 8.99. The summed E-state index contributed by atoms with van der Waals surface area (Å²) in [5, 5.41) is 2.72. The van der Waals surface area contributed by atoms with Crippen molar-refractivity contribution in [3.63, 3.8) is 0 Å². The highest BCUT2D eigenvalue weighted by Gasteiger charge is 2.13. The highest BCUT2D eigenvalue weighted by Crippen LogP contribution is 2.29. The van der Waals surface area contributed by atoms with Crippen LogP contribution in [0, 0.1) is 0 Å². The molecule has 1 heterocycles. The first-order valence-electron chi connectivity index (χ1n) is 3.97. The predicted octanol–water partition coefficient (Wildman–Crippen LogP) is 1.94. The third kappa shape index (κ3) is 2.93. The second kappa shape index (κ2) is 5.57. The summed E-state index contributed by atoms with van der Waals surface area (Å²) in [6.45, 7) is 0.670. The van der Waals surface area contributed by atoms with Gasteiger partial charge < -0.3 is 4.74 Å². The molecule has 0 amide bonds. The van der Waals surface area contributed by atoms with Gasteiger partial charge in [0.25, 0.3) is 0 Å². The van der Waals surface area contributed by atoms with Crippen LogP contribution in [-0.2, 0) is 4.74 Å². The number of hydrazine groups is 1. The largest absolute Gasteiger partial charge is 0.385 e. The minimum atomic E-state index is 0.0902. The Labute approximate surface area is 86.8 Å². The maximum absolute atomic E-state index is 5.97. The number of thiophene rings is 1. The molecule has 0 aromatic carbocycles. The van der Waals surface area contributed by atoms with Crippen LogP contribution in [0.15, 0.2) is 11.4 Å². The van der Waals surface area contributed by atoms with Crippen LogP contribution in [0.2, 0.25) is 5.02 Å². The molecule has 0 aliphatic carbocycles. The van der Waals surface area contributed by atoms with Gasteiger partial charge in [-0.25, -0.2) is 0 Å². The molecule has 1 aromatic heterocycles. The molecule has 0 radical (unpaired) electrons. The molecule has 0 saturated heterocycles. The molecule has 5 heteroatoms. The van der Waals surface area contributed by atoms with Gasteiger partial charge in [0, 0.05) is 18.6 Å². The Morgan fingerprint density at radius 1 is 1.77 bits per heavy atom. The van der Waals surface area contributed by atoms with Crippen LogP contribution in [-0.4, -0.2) is 13.7 Å². The molecule has 0 aliphatic heterocycles. The molecule has 0 spiro atoms. The second-order valence-electron chi connectivity index (χ2n) is 2.63. The van der Waals surface area contributed by atoms with Crippen molar-refractivity contribution in [1.29, 1.82) is 0 Å². The fourth-order valence-corrected chi connectivity index (χ4v) is 2.36. The van der Waals surface area contributed by atoms with Crippen molar-refractivity contribution >= 4 is 22.9 Å². The average molecular weight is 221 g/mol. The molecular formula is C8H13ClN2OS. The van der Waals surface area contributed by atoms with E-state index >= 15 is 0 Å². The van der Waals surface area contributed by atoms with Crippen LogP contribution in [0.5, 0.6) is 0 Å². The second-order valence-corrected chi connectivity index (χ2v) is 3.99. The van der Waals surface area contributed by atoms with Crippen molar-refractivity contribution in [3.8, 4) is 0 Å². The maximum Gasteiger partial charge on any atom is 0.0590 e. The van der Waals surface area contributed by atoms with E-state index in [0.29, 0.717) is 6.61 Å². The number of hydrogen-bond acceptors (Lipinski definition) is 4. The minimum absolute atomic E-state index is 0.0902. The summed E-state index contributed by atoms with van der Waals surface area (Å²) in [6.07, 6.45) is 0.827. The Kier molecular flexibility index (Phi) is 4.69. The summed E-state index contributed by atoms with van der Waals surface area (Å²) in [5.41, 5.74) is 2.73. The van der Waals surface area contributed by atoms with E-state index < -0.39 is 0 Å². The number of nitrogens with two attached hydrogens (primary N) is 1. The van der Waals surface area contributed by atoms with Gasteiger partial charge in [-0.3, -0.25) is 11.3 Å². The third-order valence-corrected chi connectivity index (χ3v) is 3.25. The molecule has 1 unspecified atom stereocenters. The summed E-state index contributed by atoms with van der Waals surface area (Å²) in [4.78, 5) is 1.07. The van der Waals surface area contributed by atoms with Crippen LogP contribution < -0.4 is 11.3 Å². The van der Waals surface area contributed by atoms with E-state index in [0.717, 1.165) is 16.3 Å². The van der Waals surface area contributed by atoms with Gasteiger partial charge in [0.15, 0.2) is 0 Å². The summed E-state index contributed by atoms with van der Waals surface area (Å²) >= 11 is 7.57. The third-order valence-electron chi connectivity index (χ3n) is 1.77. The fourth-order valence-electron chi connectivity index (χ4n) is 1.08.